The zero-order valence-corrected chi connectivity index (χ0v) is 9.59. The second kappa shape index (κ2) is 6.57. The summed E-state index contributed by atoms with van der Waals surface area (Å²) in [5.41, 5.74) is 1.10. The molecule has 2 heteroatoms. The predicted molar refractivity (Wildman–Crippen MR) is 62.4 cm³/mol. The molecule has 0 aliphatic heterocycles. The molecule has 1 N–H and O–H groups in total. The number of benzene rings is 1. The average molecular weight is 209 g/mol. The first-order valence-corrected chi connectivity index (χ1v) is 5.67. The molecule has 0 spiro atoms. The van der Waals surface area contributed by atoms with Gasteiger partial charge in [0.25, 0.3) is 0 Å². The van der Waals surface area contributed by atoms with Gasteiger partial charge in [-0.05, 0) is 49.5 Å². The molecule has 0 heterocycles. The molecule has 1 nitrogen and oxygen atoms in total. The lowest BCUT2D eigenvalue weighted by molar-refractivity contribution is 0.503. The third-order valence-corrected chi connectivity index (χ3v) is 2.54. The third-order valence-electron chi connectivity index (χ3n) is 2.54. The molecule has 1 rings (SSSR count). The first-order chi connectivity index (χ1) is 7.22. The van der Waals surface area contributed by atoms with Crippen LogP contribution in [0.3, 0.4) is 0 Å². The van der Waals surface area contributed by atoms with Gasteiger partial charge in [0, 0.05) is 0 Å². The monoisotopic (exact) mass is 209 g/mol. The fourth-order valence-corrected chi connectivity index (χ4v) is 1.69. The molecule has 15 heavy (non-hydrogen) atoms. The molecule has 1 aromatic carbocycles. The van der Waals surface area contributed by atoms with Gasteiger partial charge in [0.05, 0.1) is 0 Å². The molecule has 0 saturated heterocycles. The van der Waals surface area contributed by atoms with Crippen LogP contribution in [0.25, 0.3) is 0 Å². The van der Waals surface area contributed by atoms with Crippen molar-refractivity contribution in [3.8, 4) is 0 Å². The van der Waals surface area contributed by atoms with E-state index in [2.05, 4.69) is 19.2 Å². The van der Waals surface area contributed by atoms with Gasteiger partial charge in [-0.3, -0.25) is 0 Å². The summed E-state index contributed by atoms with van der Waals surface area (Å²) in [6, 6.07) is 6.89. The third kappa shape index (κ3) is 4.93. The summed E-state index contributed by atoms with van der Waals surface area (Å²) in [4.78, 5) is 0. The molecule has 0 amide bonds. The van der Waals surface area contributed by atoms with Crippen LogP contribution < -0.4 is 5.32 Å². The molecule has 1 unspecified atom stereocenters. The van der Waals surface area contributed by atoms with Crippen molar-refractivity contribution in [1.82, 2.24) is 5.32 Å². The molecule has 0 saturated carbocycles. The summed E-state index contributed by atoms with van der Waals surface area (Å²) in [6.45, 7) is 6.39. The van der Waals surface area contributed by atoms with Gasteiger partial charge in [0.15, 0.2) is 0 Å². The number of hydrogen-bond donors (Lipinski definition) is 1. The van der Waals surface area contributed by atoms with E-state index in [0.29, 0.717) is 5.92 Å². The quantitative estimate of drug-likeness (QED) is 0.710. The topological polar surface area (TPSA) is 12.0 Å². The smallest absolute Gasteiger partial charge is 0.123 e. The Labute approximate surface area is 91.7 Å². The van der Waals surface area contributed by atoms with Gasteiger partial charge in [0.1, 0.15) is 5.82 Å². The fourth-order valence-electron chi connectivity index (χ4n) is 1.69. The Hall–Kier alpha value is -0.890. The van der Waals surface area contributed by atoms with Crippen molar-refractivity contribution in [3.63, 3.8) is 0 Å². The van der Waals surface area contributed by atoms with Crippen LogP contribution in [0.5, 0.6) is 0 Å². The van der Waals surface area contributed by atoms with Crippen LogP contribution in [0, 0.1) is 11.7 Å². The summed E-state index contributed by atoms with van der Waals surface area (Å²) in [7, 11) is 0. The van der Waals surface area contributed by atoms with Crippen LogP contribution >= 0.6 is 0 Å². The van der Waals surface area contributed by atoms with Crippen LogP contribution in [0.4, 0.5) is 4.39 Å². The van der Waals surface area contributed by atoms with E-state index < -0.39 is 0 Å². The van der Waals surface area contributed by atoms with Gasteiger partial charge in [0.2, 0.25) is 0 Å². The minimum absolute atomic E-state index is 0.133. The highest BCUT2D eigenvalue weighted by atomic mass is 19.1. The Morgan fingerprint density at radius 3 is 2.87 bits per heavy atom. The molecule has 1 atom stereocenters. The predicted octanol–water partition coefficient (Wildman–Crippen LogP) is 3.00. The summed E-state index contributed by atoms with van der Waals surface area (Å²) >= 11 is 0. The lowest BCUT2D eigenvalue weighted by Crippen LogP contribution is -2.17. The van der Waals surface area contributed by atoms with E-state index in [0.717, 1.165) is 31.5 Å². The second-order valence-corrected chi connectivity index (χ2v) is 4.08. The Bertz CT molecular complexity index is 286. The van der Waals surface area contributed by atoms with Gasteiger partial charge in [-0.15, -0.1) is 0 Å². The van der Waals surface area contributed by atoms with Crippen molar-refractivity contribution in [1.29, 1.82) is 0 Å². The van der Waals surface area contributed by atoms with E-state index in [1.165, 1.54) is 6.07 Å². The number of nitrogens with one attached hydrogen (secondary N) is 1. The maximum absolute atomic E-state index is 12.9. The number of hydrogen-bond acceptors (Lipinski definition) is 1. The Kier molecular flexibility index (Phi) is 5.33. The molecule has 0 bridgehead atoms. The minimum Gasteiger partial charge on any atom is -0.317 e. The molecule has 0 aromatic heterocycles. The summed E-state index contributed by atoms with van der Waals surface area (Å²) in [5.74, 6) is 0.470. The lowest BCUT2D eigenvalue weighted by atomic mass is 9.98. The maximum Gasteiger partial charge on any atom is 0.123 e. The SMILES string of the molecule is CCNCCC(C)Cc1cccc(F)c1. The largest absolute Gasteiger partial charge is 0.317 e. The van der Waals surface area contributed by atoms with Gasteiger partial charge in [-0.1, -0.05) is 26.0 Å². The van der Waals surface area contributed by atoms with Gasteiger partial charge in [-0.25, -0.2) is 4.39 Å². The lowest BCUT2D eigenvalue weighted by Gasteiger charge is -2.11. The molecular formula is C13H20FN. The highest BCUT2D eigenvalue weighted by molar-refractivity contribution is 5.16. The van der Waals surface area contributed by atoms with Crippen molar-refractivity contribution in [2.24, 2.45) is 5.92 Å². The fraction of sp³-hybridized carbons (Fsp3) is 0.538. The van der Waals surface area contributed by atoms with Gasteiger partial charge < -0.3 is 5.32 Å². The van der Waals surface area contributed by atoms with Gasteiger partial charge >= 0.3 is 0 Å². The van der Waals surface area contributed by atoms with E-state index in [1.807, 2.05) is 6.07 Å². The summed E-state index contributed by atoms with van der Waals surface area (Å²) in [5, 5.41) is 3.30. The highest BCUT2D eigenvalue weighted by Crippen LogP contribution is 2.12. The number of rotatable bonds is 6. The van der Waals surface area contributed by atoms with Crippen LogP contribution in [0.2, 0.25) is 0 Å². The second-order valence-electron chi connectivity index (χ2n) is 4.08. The van der Waals surface area contributed by atoms with Crippen LogP contribution in [0.15, 0.2) is 24.3 Å². The Morgan fingerprint density at radius 1 is 1.40 bits per heavy atom. The standard InChI is InChI=1S/C13H20FN/c1-3-15-8-7-11(2)9-12-5-4-6-13(14)10-12/h4-6,10-11,15H,3,7-9H2,1-2H3. The van der Waals surface area contributed by atoms with Crippen LogP contribution in [-0.4, -0.2) is 13.1 Å². The first-order valence-electron chi connectivity index (χ1n) is 5.67. The van der Waals surface area contributed by atoms with Crippen molar-refractivity contribution >= 4 is 0 Å². The molecule has 84 valence electrons. The Balaban J connectivity index is 2.34. The van der Waals surface area contributed by atoms with E-state index in [1.54, 1.807) is 12.1 Å². The van der Waals surface area contributed by atoms with E-state index in [-0.39, 0.29) is 5.82 Å². The zero-order valence-electron chi connectivity index (χ0n) is 9.59. The normalized spacial score (nSPS) is 12.7. The maximum atomic E-state index is 12.9. The van der Waals surface area contributed by atoms with E-state index in [9.17, 15) is 4.39 Å². The molecule has 0 fully saturated rings. The summed E-state index contributed by atoms with van der Waals surface area (Å²) < 4.78 is 12.9. The van der Waals surface area contributed by atoms with E-state index in [4.69, 9.17) is 0 Å². The van der Waals surface area contributed by atoms with Crippen molar-refractivity contribution < 1.29 is 4.39 Å². The van der Waals surface area contributed by atoms with E-state index >= 15 is 0 Å². The first kappa shape index (κ1) is 12.2. The van der Waals surface area contributed by atoms with Crippen molar-refractivity contribution in [2.45, 2.75) is 26.7 Å². The number of halogens is 1. The molecule has 0 radical (unpaired) electrons. The minimum atomic E-state index is -0.133. The highest BCUT2D eigenvalue weighted by Gasteiger charge is 2.03. The van der Waals surface area contributed by atoms with Crippen molar-refractivity contribution in [2.75, 3.05) is 13.1 Å². The van der Waals surface area contributed by atoms with Crippen LogP contribution in [-0.2, 0) is 6.42 Å². The molecule has 0 aliphatic carbocycles. The molecule has 1 aromatic rings. The molecule has 0 aliphatic rings. The molecular weight excluding hydrogens is 189 g/mol. The van der Waals surface area contributed by atoms with Crippen molar-refractivity contribution in [3.05, 3.63) is 35.6 Å². The van der Waals surface area contributed by atoms with Gasteiger partial charge in [-0.2, -0.15) is 0 Å². The van der Waals surface area contributed by atoms with Crippen LogP contribution in [0.1, 0.15) is 25.8 Å². The zero-order chi connectivity index (χ0) is 11.1. The Morgan fingerprint density at radius 2 is 2.20 bits per heavy atom. The summed E-state index contributed by atoms with van der Waals surface area (Å²) in [6.07, 6.45) is 2.10. The average Bonchev–Trinajstić information content (AvgIpc) is 2.18.